The lowest BCUT2D eigenvalue weighted by Gasteiger charge is -2.19. The average molecular weight is 793 g/mol. The maximum absolute atomic E-state index is 12.9. The summed E-state index contributed by atoms with van der Waals surface area (Å²) in [7, 11) is 0. The SMILES string of the molecule is Cc1nccn1-c1ccc(NC(=O)C(=O)NC[C@H](NC(=O)c2ccc(Nc3nc(NC4(c5ccc(Cl)cc5)CC4)nc(OCC(F)(F)F)n3)cc2)C(=O)O)cc1. The van der Waals surface area contributed by atoms with Crippen LogP contribution in [0.25, 0.3) is 5.69 Å². The maximum Gasteiger partial charge on any atom is 0.422 e. The Labute approximate surface area is 320 Å². The van der Waals surface area contributed by atoms with Gasteiger partial charge >= 0.3 is 30.0 Å². The number of imidazole rings is 1. The molecule has 6 N–H and O–H groups in total. The van der Waals surface area contributed by atoms with Crippen LogP contribution in [-0.2, 0) is 19.9 Å². The van der Waals surface area contributed by atoms with E-state index < -0.39 is 60.6 Å². The highest BCUT2D eigenvalue weighted by molar-refractivity contribution is 6.39. The molecule has 1 aliphatic carbocycles. The molecule has 1 atom stereocenters. The van der Waals surface area contributed by atoms with Crippen molar-refractivity contribution >= 4 is 58.6 Å². The molecule has 1 saturated carbocycles. The molecule has 20 heteroatoms. The van der Waals surface area contributed by atoms with E-state index in [9.17, 15) is 37.5 Å². The van der Waals surface area contributed by atoms with Gasteiger partial charge in [0.25, 0.3) is 5.91 Å². The third-order valence-corrected chi connectivity index (χ3v) is 8.64. The van der Waals surface area contributed by atoms with Crippen molar-refractivity contribution in [2.24, 2.45) is 0 Å². The lowest BCUT2D eigenvalue weighted by Crippen LogP contribution is -2.50. The van der Waals surface area contributed by atoms with E-state index in [4.69, 9.17) is 16.3 Å². The van der Waals surface area contributed by atoms with Crippen LogP contribution in [0.3, 0.4) is 0 Å². The maximum atomic E-state index is 12.9. The largest absolute Gasteiger partial charge is 0.480 e. The van der Waals surface area contributed by atoms with Gasteiger partial charge in [0, 0.05) is 46.6 Å². The van der Waals surface area contributed by atoms with Crippen LogP contribution in [-0.4, -0.2) is 78.7 Å². The summed E-state index contributed by atoms with van der Waals surface area (Å²) in [5.41, 5.74) is 1.72. The number of anilines is 4. The first-order valence-corrected chi connectivity index (χ1v) is 17.1. The Hall–Kier alpha value is -6.76. The first-order chi connectivity index (χ1) is 26.7. The number of hydrogen-bond donors (Lipinski definition) is 6. The number of rotatable bonds is 14. The highest BCUT2D eigenvalue weighted by Gasteiger charge is 2.45. The number of alkyl halides is 3. The molecule has 16 nitrogen and oxygen atoms in total. The average Bonchev–Trinajstić information content (AvgIpc) is 3.81. The molecule has 0 unspecified atom stereocenters. The molecular weight excluding hydrogens is 761 g/mol. The minimum absolute atomic E-state index is 0.0195. The Kier molecular flexibility index (Phi) is 11.3. The van der Waals surface area contributed by atoms with E-state index in [1.54, 1.807) is 48.8 Å². The van der Waals surface area contributed by atoms with E-state index in [2.05, 4.69) is 46.5 Å². The lowest BCUT2D eigenvalue weighted by molar-refractivity contribution is -0.154. The van der Waals surface area contributed by atoms with Gasteiger partial charge < -0.3 is 41.0 Å². The van der Waals surface area contributed by atoms with Crippen LogP contribution in [0.4, 0.5) is 36.4 Å². The Morgan fingerprint density at radius 1 is 0.911 bits per heavy atom. The minimum atomic E-state index is -4.65. The number of aliphatic carboxylic acids is 1. The lowest BCUT2D eigenvalue weighted by atomic mass is 10.1. The molecule has 0 bridgehead atoms. The van der Waals surface area contributed by atoms with E-state index in [1.165, 1.54) is 24.3 Å². The first kappa shape index (κ1) is 38.9. The van der Waals surface area contributed by atoms with Crippen LogP contribution in [0.2, 0.25) is 5.02 Å². The standard InChI is InChI=1S/C36H32ClF3N10O6/c1-20-41-16-17-50(20)26-12-10-24(11-13-26)43-30(53)29(52)42-18-27(31(54)55)45-28(51)21-2-8-25(9-3-21)44-32-46-33(48-34(47-32)56-19-36(38,39)40)49-35(14-15-35)22-4-6-23(37)7-5-22/h2-13,16-17,27H,14-15,18-19H2,1H3,(H,42,52)(H,43,53)(H,45,51)(H,54,55)(H2,44,46,47,48,49)/t27-/m0/s1. The number of amides is 3. The molecule has 1 fully saturated rings. The third kappa shape index (κ3) is 10.1. The van der Waals surface area contributed by atoms with Crippen molar-refractivity contribution in [3.05, 3.63) is 107 Å². The van der Waals surface area contributed by atoms with Gasteiger partial charge in [0.15, 0.2) is 6.61 Å². The van der Waals surface area contributed by atoms with Crippen molar-refractivity contribution in [1.29, 1.82) is 0 Å². The molecule has 0 spiro atoms. The summed E-state index contributed by atoms with van der Waals surface area (Å²) < 4.78 is 45.5. The quantitative estimate of drug-likeness (QED) is 0.0842. The number of carboxylic acid groups (broad SMARTS) is 1. The Morgan fingerprint density at radius 3 is 2.18 bits per heavy atom. The Morgan fingerprint density at radius 2 is 1.57 bits per heavy atom. The molecule has 3 amide bonds. The second-order valence-corrected chi connectivity index (χ2v) is 12.9. The van der Waals surface area contributed by atoms with Crippen molar-refractivity contribution in [2.75, 3.05) is 29.1 Å². The fourth-order valence-corrected chi connectivity index (χ4v) is 5.49. The Balaban J connectivity index is 1.05. The minimum Gasteiger partial charge on any atom is -0.480 e. The first-order valence-electron chi connectivity index (χ1n) is 16.8. The van der Waals surface area contributed by atoms with Gasteiger partial charge in [0.05, 0.1) is 5.54 Å². The number of halogens is 4. The summed E-state index contributed by atoms with van der Waals surface area (Å²) >= 11 is 6.02. The van der Waals surface area contributed by atoms with Gasteiger partial charge in [-0.15, -0.1) is 0 Å². The highest BCUT2D eigenvalue weighted by Crippen LogP contribution is 2.48. The molecule has 3 aromatic carbocycles. The molecule has 2 aromatic heterocycles. The Bertz CT molecular complexity index is 2230. The van der Waals surface area contributed by atoms with Crippen molar-refractivity contribution in [3.63, 3.8) is 0 Å². The zero-order valence-corrected chi connectivity index (χ0v) is 30.0. The number of hydrogen-bond acceptors (Lipinski definition) is 11. The second kappa shape index (κ2) is 16.3. The molecule has 5 aromatic rings. The van der Waals surface area contributed by atoms with E-state index in [1.807, 2.05) is 23.6 Å². The fraction of sp³-hybridized carbons (Fsp3) is 0.222. The summed E-state index contributed by atoms with van der Waals surface area (Å²) in [4.78, 5) is 66.2. The number of ether oxygens (including phenoxy) is 1. The number of aromatic nitrogens is 5. The van der Waals surface area contributed by atoms with Crippen molar-refractivity contribution < 1.29 is 42.2 Å². The van der Waals surface area contributed by atoms with Crippen LogP contribution >= 0.6 is 11.6 Å². The molecule has 0 radical (unpaired) electrons. The number of benzene rings is 3. The van der Waals surface area contributed by atoms with E-state index in [0.717, 1.165) is 17.1 Å². The molecule has 2 heterocycles. The van der Waals surface area contributed by atoms with E-state index in [0.29, 0.717) is 29.2 Å². The zero-order valence-electron chi connectivity index (χ0n) is 29.2. The van der Waals surface area contributed by atoms with Crippen LogP contribution < -0.4 is 31.3 Å². The van der Waals surface area contributed by atoms with Crippen molar-refractivity contribution in [2.45, 2.75) is 37.5 Å². The molecule has 0 aliphatic heterocycles. The number of aryl methyl sites for hydroxylation is 1. The molecule has 290 valence electrons. The zero-order chi connectivity index (χ0) is 40.0. The second-order valence-electron chi connectivity index (χ2n) is 12.5. The molecule has 6 rings (SSSR count). The van der Waals surface area contributed by atoms with Gasteiger partial charge in [-0.25, -0.2) is 9.78 Å². The predicted octanol–water partition coefficient (Wildman–Crippen LogP) is 4.74. The van der Waals surface area contributed by atoms with Crippen LogP contribution in [0.1, 0.15) is 34.6 Å². The number of carboxylic acids is 1. The van der Waals surface area contributed by atoms with Crippen LogP contribution in [0, 0.1) is 6.92 Å². The number of carbonyl (C=O) groups excluding carboxylic acids is 3. The van der Waals surface area contributed by atoms with Gasteiger partial charge in [0.1, 0.15) is 11.9 Å². The van der Waals surface area contributed by atoms with Crippen LogP contribution in [0.5, 0.6) is 6.01 Å². The smallest absolute Gasteiger partial charge is 0.422 e. The third-order valence-electron chi connectivity index (χ3n) is 8.39. The summed E-state index contributed by atoms with van der Waals surface area (Å²) in [5.74, 6) is -3.94. The van der Waals surface area contributed by atoms with Gasteiger partial charge in [-0.05, 0) is 86.0 Å². The van der Waals surface area contributed by atoms with Gasteiger partial charge in [-0.2, -0.15) is 28.1 Å². The number of carbonyl (C=O) groups is 4. The summed E-state index contributed by atoms with van der Waals surface area (Å²) in [6, 6.07) is 17.0. The predicted molar refractivity (Wildman–Crippen MR) is 196 cm³/mol. The normalized spacial score (nSPS) is 13.5. The molecule has 1 aliphatic rings. The fourth-order valence-electron chi connectivity index (χ4n) is 5.37. The molecule has 0 saturated heterocycles. The monoisotopic (exact) mass is 792 g/mol. The van der Waals surface area contributed by atoms with Crippen LogP contribution in [0.15, 0.2) is 85.2 Å². The van der Waals surface area contributed by atoms with E-state index in [-0.39, 0.29) is 17.5 Å². The van der Waals surface area contributed by atoms with Crippen molar-refractivity contribution in [3.8, 4) is 11.7 Å². The number of nitrogens with zero attached hydrogens (tertiary/aromatic N) is 5. The van der Waals surface area contributed by atoms with E-state index >= 15 is 0 Å². The van der Waals surface area contributed by atoms with Gasteiger partial charge in [-0.1, -0.05) is 23.7 Å². The molecular formula is C36H32ClF3N10O6. The topological polar surface area (TPSA) is 214 Å². The summed E-state index contributed by atoms with van der Waals surface area (Å²) in [6.07, 6.45) is 0.140. The highest BCUT2D eigenvalue weighted by atomic mass is 35.5. The summed E-state index contributed by atoms with van der Waals surface area (Å²) in [5, 5.41) is 23.1. The van der Waals surface area contributed by atoms with Gasteiger partial charge in [0.2, 0.25) is 11.9 Å². The van der Waals surface area contributed by atoms with Gasteiger partial charge in [-0.3, -0.25) is 14.4 Å². The summed E-state index contributed by atoms with van der Waals surface area (Å²) in [6.45, 7) is -0.427. The molecule has 56 heavy (non-hydrogen) atoms. The number of nitrogens with one attached hydrogen (secondary N) is 5. The van der Waals surface area contributed by atoms with Crippen molar-refractivity contribution in [1.82, 2.24) is 35.1 Å².